The molecule has 0 aliphatic rings. The summed E-state index contributed by atoms with van der Waals surface area (Å²) in [5.74, 6) is 1.09. The molecule has 3 nitrogen and oxygen atoms in total. The maximum atomic E-state index is 9.01. The van der Waals surface area contributed by atoms with E-state index in [9.17, 15) is 0 Å². The van der Waals surface area contributed by atoms with Gasteiger partial charge in [0.2, 0.25) is 0 Å². The van der Waals surface area contributed by atoms with E-state index < -0.39 is 0 Å². The predicted octanol–water partition coefficient (Wildman–Crippen LogP) is 1.56. The van der Waals surface area contributed by atoms with Crippen molar-refractivity contribution in [3.8, 4) is 0 Å². The zero-order valence-corrected chi connectivity index (χ0v) is 8.67. The average Bonchev–Trinajstić information content (AvgIpc) is 2.41. The molecular formula is C10H18N2O. The van der Waals surface area contributed by atoms with Gasteiger partial charge in [-0.1, -0.05) is 13.3 Å². The standard InChI is InChI=1S/C10H18N2O/c1-4-5-6-10-11-9(7-13)8(2)12(10)3/h13H,4-7H2,1-3H3. The third-order valence-corrected chi connectivity index (χ3v) is 2.48. The van der Waals surface area contributed by atoms with Gasteiger partial charge >= 0.3 is 0 Å². The fraction of sp³-hybridized carbons (Fsp3) is 0.700. The van der Waals surface area contributed by atoms with Gasteiger partial charge < -0.3 is 9.67 Å². The first-order valence-corrected chi connectivity index (χ1v) is 4.82. The zero-order chi connectivity index (χ0) is 9.84. The number of aromatic nitrogens is 2. The molecule has 0 radical (unpaired) electrons. The molecule has 0 saturated carbocycles. The normalized spacial score (nSPS) is 10.8. The van der Waals surface area contributed by atoms with Crippen molar-refractivity contribution in [1.82, 2.24) is 9.55 Å². The number of aryl methyl sites for hydroxylation is 1. The maximum Gasteiger partial charge on any atom is 0.109 e. The number of aliphatic hydroxyl groups excluding tert-OH is 1. The number of nitrogens with zero attached hydrogens (tertiary/aromatic N) is 2. The summed E-state index contributed by atoms with van der Waals surface area (Å²) in [6.45, 7) is 4.21. The first-order chi connectivity index (χ1) is 6.20. The summed E-state index contributed by atoms with van der Waals surface area (Å²) >= 11 is 0. The molecule has 0 unspecified atom stereocenters. The van der Waals surface area contributed by atoms with E-state index in [1.54, 1.807) is 0 Å². The Morgan fingerprint density at radius 3 is 2.62 bits per heavy atom. The third-order valence-electron chi connectivity index (χ3n) is 2.48. The van der Waals surface area contributed by atoms with Crippen LogP contribution in [-0.4, -0.2) is 14.7 Å². The van der Waals surface area contributed by atoms with Crippen LogP contribution in [0.4, 0.5) is 0 Å². The topological polar surface area (TPSA) is 38.1 Å². The van der Waals surface area contributed by atoms with Gasteiger partial charge in [-0.15, -0.1) is 0 Å². The Morgan fingerprint density at radius 1 is 1.46 bits per heavy atom. The minimum absolute atomic E-state index is 0.0474. The molecule has 0 aromatic carbocycles. The van der Waals surface area contributed by atoms with E-state index in [1.165, 1.54) is 6.42 Å². The maximum absolute atomic E-state index is 9.01. The fourth-order valence-corrected chi connectivity index (χ4v) is 1.41. The second-order valence-corrected chi connectivity index (χ2v) is 3.38. The van der Waals surface area contributed by atoms with Gasteiger partial charge in [-0.25, -0.2) is 4.98 Å². The lowest BCUT2D eigenvalue weighted by atomic mass is 10.2. The lowest BCUT2D eigenvalue weighted by Crippen LogP contribution is -1.99. The first-order valence-electron chi connectivity index (χ1n) is 4.82. The molecule has 0 fully saturated rings. The van der Waals surface area contributed by atoms with Crippen LogP contribution in [0, 0.1) is 6.92 Å². The van der Waals surface area contributed by atoms with Gasteiger partial charge in [0.05, 0.1) is 12.3 Å². The van der Waals surface area contributed by atoms with E-state index >= 15 is 0 Å². The number of aliphatic hydroxyl groups is 1. The summed E-state index contributed by atoms with van der Waals surface area (Å²) in [7, 11) is 2.01. The highest BCUT2D eigenvalue weighted by atomic mass is 16.3. The number of hydrogen-bond acceptors (Lipinski definition) is 2. The number of imidazole rings is 1. The minimum Gasteiger partial charge on any atom is -0.390 e. The van der Waals surface area contributed by atoms with Crippen LogP contribution in [0.2, 0.25) is 0 Å². The second kappa shape index (κ2) is 4.42. The molecule has 1 N–H and O–H groups in total. The molecule has 13 heavy (non-hydrogen) atoms. The Morgan fingerprint density at radius 2 is 2.15 bits per heavy atom. The van der Waals surface area contributed by atoms with Crippen LogP contribution < -0.4 is 0 Å². The highest BCUT2D eigenvalue weighted by Gasteiger charge is 2.08. The monoisotopic (exact) mass is 182 g/mol. The Kier molecular flexibility index (Phi) is 3.48. The summed E-state index contributed by atoms with van der Waals surface area (Å²) < 4.78 is 2.07. The molecule has 0 bridgehead atoms. The molecule has 0 saturated heterocycles. The van der Waals surface area contributed by atoms with E-state index in [0.29, 0.717) is 0 Å². The van der Waals surface area contributed by atoms with Crippen molar-refractivity contribution in [2.45, 2.75) is 39.7 Å². The quantitative estimate of drug-likeness (QED) is 0.767. The van der Waals surface area contributed by atoms with Crippen molar-refractivity contribution in [1.29, 1.82) is 0 Å². The summed E-state index contributed by atoms with van der Waals surface area (Å²) in [4.78, 5) is 4.38. The molecule has 0 spiro atoms. The van der Waals surface area contributed by atoms with Crippen LogP contribution >= 0.6 is 0 Å². The second-order valence-electron chi connectivity index (χ2n) is 3.38. The molecule has 1 aromatic heterocycles. The smallest absolute Gasteiger partial charge is 0.109 e. The molecule has 0 aliphatic heterocycles. The average molecular weight is 182 g/mol. The van der Waals surface area contributed by atoms with Gasteiger partial charge in [-0.3, -0.25) is 0 Å². The van der Waals surface area contributed by atoms with Gasteiger partial charge in [0, 0.05) is 19.2 Å². The Balaban J connectivity index is 2.82. The predicted molar refractivity (Wildman–Crippen MR) is 52.5 cm³/mol. The molecule has 1 aromatic rings. The minimum atomic E-state index is 0.0474. The zero-order valence-electron chi connectivity index (χ0n) is 8.67. The Hall–Kier alpha value is -0.830. The lowest BCUT2D eigenvalue weighted by molar-refractivity contribution is 0.276. The highest BCUT2D eigenvalue weighted by Crippen LogP contribution is 2.11. The summed E-state index contributed by atoms with van der Waals surface area (Å²) in [6.07, 6.45) is 3.35. The van der Waals surface area contributed by atoms with Crippen molar-refractivity contribution < 1.29 is 5.11 Å². The molecule has 74 valence electrons. The molecular weight excluding hydrogens is 164 g/mol. The van der Waals surface area contributed by atoms with Crippen LogP contribution in [-0.2, 0) is 20.1 Å². The van der Waals surface area contributed by atoms with Crippen molar-refractivity contribution in [3.05, 3.63) is 17.2 Å². The van der Waals surface area contributed by atoms with Gasteiger partial charge in [-0.2, -0.15) is 0 Å². The van der Waals surface area contributed by atoms with E-state index in [2.05, 4.69) is 16.5 Å². The summed E-state index contributed by atoms with van der Waals surface area (Å²) in [5, 5.41) is 9.01. The Labute approximate surface area is 79.4 Å². The van der Waals surface area contributed by atoms with E-state index in [1.807, 2.05) is 14.0 Å². The van der Waals surface area contributed by atoms with Crippen LogP contribution in [0.25, 0.3) is 0 Å². The molecule has 0 aliphatic carbocycles. The first kappa shape index (κ1) is 10.3. The van der Waals surface area contributed by atoms with Crippen molar-refractivity contribution in [3.63, 3.8) is 0 Å². The third kappa shape index (κ3) is 2.10. The lowest BCUT2D eigenvalue weighted by Gasteiger charge is -2.01. The highest BCUT2D eigenvalue weighted by molar-refractivity contribution is 5.14. The number of rotatable bonds is 4. The van der Waals surface area contributed by atoms with Crippen molar-refractivity contribution in [2.24, 2.45) is 7.05 Å². The number of unbranched alkanes of at least 4 members (excludes halogenated alkanes) is 1. The van der Waals surface area contributed by atoms with Crippen LogP contribution in [0.1, 0.15) is 37.0 Å². The van der Waals surface area contributed by atoms with E-state index in [4.69, 9.17) is 5.11 Å². The largest absolute Gasteiger partial charge is 0.390 e. The molecule has 3 heteroatoms. The molecule has 0 atom stereocenters. The van der Waals surface area contributed by atoms with E-state index in [0.717, 1.165) is 30.1 Å². The molecule has 0 amide bonds. The van der Waals surface area contributed by atoms with Crippen LogP contribution in [0.5, 0.6) is 0 Å². The van der Waals surface area contributed by atoms with Crippen LogP contribution in [0.15, 0.2) is 0 Å². The van der Waals surface area contributed by atoms with Gasteiger partial charge in [0.25, 0.3) is 0 Å². The summed E-state index contributed by atoms with van der Waals surface area (Å²) in [5.41, 5.74) is 1.89. The SMILES string of the molecule is CCCCc1nc(CO)c(C)n1C. The van der Waals surface area contributed by atoms with Gasteiger partial charge in [0.1, 0.15) is 5.82 Å². The van der Waals surface area contributed by atoms with E-state index in [-0.39, 0.29) is 6.61 Å². The molecule has 1 heterocycles. The Bertz CT molecular complexity index is 279. The fourth-order valence-electron chi connectivity index (χ4n) is 1.41. The molecule has 1 rings (SSSR count). The van der Waals surface area contributed by atoms with Crippen molar-refractivity contribution in [2.75, 3.05) is 0 Å². The van der Waals surface area contributed by atoms with Crippen LogP contribution in [0.3, 0.4) is 0 Å². The summed E-state index contributed by atoms with van der Waals surface area (Å²) in [6, 6.07) is 0. The van der Waals surface area contributed by atoms with Gasteiger partial charge in [0.15, 0.2) is 0 Å². The van der Waals surface area contributed by atoms with Gasteiger partial charge in [-0.05, 0) is 13.3 Å². The van der Waals surface area contributed by atoms with Crippen molar-refractivity contribution >= 4 is 0 Å². The number of hydrogen-bond donors (Lipinski definition) is 1.